The Bertz CT molecular complexity index is 762. The summed E-state index contributed by atoms with van der Waals surface area (Å²) in [7, 11) is 0. The Hall–Kier alpha value is -2.82. The second-order valence-corrected chi connectivity index (χ2v) is 6.24. The summed E-state index contributed by atoms with van der Waals surface area (Å²) in [5, 5.41) is 2.85. The Morgan fingerprint density at radius 3 is 2.04 bits per heavy atom. The first-order valence-electron chi connectivity index (χ1n) is 9.41. The maximum absolute atomic E-state index is 12.6. The molecule has 0 fully saturated rings. The number of nitrogens with one attached hydrogen (secondary N) is 1. The van der Waals surface area contributed by atoms with E-state index in [-0.39, 0.29) is 18.4 Å². The highest BCUT2D eigenvalue weighted by molar-refractivity contribution is 6.02. The molecule has 2 amide bonds. The van der Waals surface area contributed by atoms with Crippen LogP contribution in [0.2, 0.25) is 0 Å². The molecule has 5 heteroatoms. The fourth-order valence-corrected chi connectivity index (χ4v) is 3.05. The standard InChI is InChI=1S/C22H28N2O3/c1-5-17-9-8-10-18(6-2)22(17)24(16(4)25)15-21(26)23-19-11-13-20(14-12-19)27-7-3/h8-14H,5-7,15H2,1-4H3,(H,23,26). The van der Waals surface area contributed by atoms with Crippen molar-refractivity contribution in [3.63, 3.8) is 0 Å². The molecule has 0 saturated heterocycles. The molecule has 0 unspecified atom stereocenters. The maximum atomic E-state index is 12.6. The number of amides is 2. The molecule has 0 saturated carbocycles. The largest absolute Gasteiger partial charge is 0.494 e. The number of hydrogen-bond donors (Lipinski definition) is 1. The number of carbonyl (C=O) groups excluding carboxylic acids is 2. The Kier molecular flexibility index (Phi) is 7.41. The van der Waals surface area contributed by atoms with Gasteiger partial charge >= 0.3 is 0 Å². The van der Waals surface area contributed by atoms with Crippen LogP contribution in [0.1, 0.15) is 38.8 Å². The molecule has 0 bridgehead atoms. The van der Waals surface area contributed by atoms with Gasteiger partial charge in [0.2, 0.25) is 11.8 Å². The Morgan fingerprint density at radius 2 is 1.56 bits per heavy atom. The van der Waals surface area contributed by atoms with Crippen LogP contribution in [0.5, 0.6) is 5.75 Å². The number of para-hydroxylation sites is 1. The van der Waals surface area contributed by atoms with E-state index < -0.39 is 0 Å². The lowest BCUT2D eigenvalue weighted by Crippen LogP contribution is -2.37. The second-order valence-electron chi connectivity index (χ2n) is 6.24. The third kappa shape index (κ3) is 5.33. The zero-order valence-electron chi connectivity index (χ0n) is 16.5. The van der Waals surface area contributed by atoms with Crippen LogP contribution in [0.3, 0.4) is 0 Å². The van der Waals surface area contributed by atoms with Gasteiger partial charge in [-0.25, -0.2) is 0 Å². The molecule has 144 valence electrons. The van der Waals surface area contributed by atoms with Crippen LogP contribution in [-0.2, 0) is 22.4 Å². The topological polar surface area (TPSA) is 58.6 Å². The van der Waals surface area contributed by atoms with Gasteiger partial charge in [0.25, 0.3) is 0 Å². The van der Waals surface area contributed by atoms with Crippen molar-refractivity contribution in [2.45, 2.75) is 40.5 Å². The molecule has 0 radical (unpaired) electrons. The molecule has 0 aromatic heterocycles. The number of carbonyl (C=O) groups is 2. The summed E-state index contributed by atoms with van der Waals surface area (Å²) in [5.41, 5.74) is 3.67. The molecule has 2 aromatic rings. The van der Waals surface area contributed by atoms with Crippen LogP contribution >= 0.6 is 0 Å². The summed E-state index contributed by atoms with van der Waals surface area (Å²) < 4.78 is 5.41. The van der Waals surface area contributed by atoms with Crippen LogP contribution < -0.4 is 15.0 Å². The Balaban J connectivity index is 2.19. The number of anilines is 2. The first kappa shape index (κ1) is 20.5. The van der Waals surface area contributed by atoms with Gasteiger partial charge in [-0.3, -0.25) is 9.59 Å². The summed E-state index contributed by atoms with van der Waals surface area (Å²) >= 11 is 0. The quantitative estimate of drug-likeness (QED) is 0.760. The van der Waals surface area contributed by atoms with Crippen molar-refractivity contribution in [3.05, 3.63) is 53.6 Å². The second kappa shape index (κ2) is 9.76. The lowest BCUT2D eigenvalue weighted by atomic mass is 10.0. The monoisotopic (exact) mass is 368 g/mol. The fraction of sp³-hybridized carbons (Fsp3) is 0.364. The van der Waals surface area contributed by atoms with Crippen molar-refractivity contribution in [1.82, 2.24) is 0 Å². The van der Waals surface area contributed by atoms with E-state index in [1.807, 2.05) is 37.3 Å². The molecular weight excluding hydrogens is 340 g/mol. The predicted molar refractivity (Wildman–Crippen MR) is 109 cm³/mol. The minimum atomic E-state index is -0.234. The summed E-state index contributed by atoms with van der Waals surface area (Å²) in [5.74, 6) is 0.375. The predicted octanol–water partition coefficient (Wildman–Crippen LogP) is 4.20. The smallest absolute Gasteiger partial charge is 0.244 e. The lowest BCUT2D eigenvalue weighted by molar-refractivity contribution is -0.120. The molecular formula is C22H28N2O3. The SMILES string of the molecule is CCOc1ccc(NC(=O)CN(C(C)=O)c2c(CC)cccc2CC)cc1. The molecule has 5 nitrogen and oxygen atoms in total. The summed E-state index contributed by atoms with van der Waals surface area (Å²) in [4.78, 5) is 26.5. The molecule has 0 heterocycles. The number of benzene rings is 2. The van der Waals surface area contributed by atoms with Gasteiger partial charge in [-0.2, -0.15) is 0 Å². The van der Waals surface area contributed by atoms with Crippen molar-refractivity contribution < 1.29 is 14.3 Å². The average molecular weight is 368 g/mol. The van der Waals surface area contributed by atoms with Crippen LogP contribution in [0.4, 0.5) is 11.4 Å². The van der Waals surface area contributed by atoms with Gasteiger partial charge in [-0.15, -0.1) is 0 Å². The van der Waals surface area contributed by atoms with Gasteiger partial charge in [0.1, 0.15) is 12.3 Å². The number of nitrogens with zero attached hydrogens (tertiary/aromatic N) is 1. The molecule has 0 atom stereocenters. The molecule has 2 aromatic carbocycles. The third-order valence-corrected chi connectivity index (χ3v) is 4.37. The minimum Gasteiger partial charge on any atom is -0.494 e. The van der Waals surface area contributed by atoms with E-state index in [1.165, 1.54) is 6.92 Å². The van der Waals surface area contributed by atoms with E-state index >= 15 is 0 Å². The maximum Gasteiger partial charge on any atom is 0.244 e. The van der Waals surface area contributed by atoms with E-state index in [9.17, 15) is 9.59 Å². The highest BCUT2D eigenvalue weighted by Gasteiger charge is 2.21. The van der Waals surface area contributed by atoms with Crippen LogP contribution in [0.25, 0.3) is 0 Å². The van der Waals surface area contributed by atoms with Crippen molar-refractivity contribution in [1.29, 1.82) is 0 Å². The van der Waals surface area contributed by atoms with Crippen LogP contribution in [0, 0.1) is 0 Å². The van der Waals surface area contributed by atoms with Crippen molar-refractivity contribution >= 4 is 23.2 Å². The van der Waals surface area contributed by atoms with E-state index in [0.717, 1.165) is 35.4 Å². The normalized spacial score (nSPS) is 10.4. The van der Waals surface area contributed by atoms with Gasteiger partial charge in [0.15, 0.2) is 0 Å². The zero-order chi connectivity index (χ0) is 19.8. The highest BCUT2D eigenvalue weighted by Crippen LogP contribution is 2.27. The Labute approximate surface area is 161 Å². The number of ether oxygens (including phenoxy) is 1. The Morgan fingerprint density at radius 1 is 0.963 bits per heavy atom. The van der Waals surface area contributed by atoms with E-state index in [4.69, 9.17) is 4.74 Å². The average Bonchev–Trinajstić information content (AvgIpc) is 2.67. The molecule has 0 aliphatic heterocycles. The first-order chi connectivity index (χ1) is 13.0. The molecule has 1 N–H and O–H groups in total. The van der Waals surface area contributed by atoms with Gasteiger partial charge in [0, 0.05) is 12.6 Å². The van der Waals surface area contributed by atoms with Gasteiger partial charge in [-0.05, 0) is 55.2 Å². The first-order valence-corrected chi connectivity index (χ1v) is 9.41. The van der Waals surface area contributed by atoms with Crippen molar-refractivity contribution in [2.24, 2.45) is 0 Å². The lowest BCUT2D eigenvalue weighted by Gasteiger charge is -2.26. The van der Waals surface area contributed by atoms with E-state index in [1.54, 1.807) is 17.0 Å². The fourth-order valence-electron chi connectivity index (χ4n) is 3.05. The van der Waals surface area contributed by atoms with Gasteiger partial charge < -0.3 is 15.0 Å². The molecule has 0 spiro atoms. The van der Waals surface area contributed by atoms with E-state index in [2.05, 4.69) is 19.2 Å². The van der Waals surface area contributed by atoms with Crippen molar-refractivity contribution in [3.8, 4) is 5.75 Å². The van der Waals surface area contributed by atoms with Gasteiger partial charge in [0.05, 0.1) is 12.3 Å². The molecule has 0 aliphatic carbocycles. The number of hydrogen-bond acceptors (Lipinski definition) is 3. The minimum absolute atomic E-state index is 0.0213. The highest BCUT2D eigenvalue weighted by atomic mass is 16.5. The zero-order valence-corrected chi connectivity index (χ0v) is 16.5. The summed E-state index contributed by atoms with van der Waals surface area (Å²) in [6, 6.07) is 13.2. The van der Waals surface area contributed by atoms with Crippen LogP contribution in [0.15, 0.2) is 42.5 Å². The molecule has 27 heavy (non-hydrogen) atoms. The van der Waals surface area contributed by atoms with E-state index in [0.29, 0.717) is 12.3 Å². The number of rotatable bonds is 8. The molecule has 2 rings (SSSR count). The summed E-state index contributed by atoms with van der Waals surface area (Å²) in [6.07, 6.45) is 1.60. The van der Waals surface area contributed by atoms with Gasteiger partial charge in [-0.1, -0.05) is 32.0 Å². The van der Waals surface area contributed by atoms with Crippen LogP contribution in [-0.4, -0.2) is 25.0 Å². The molecule has 0 aliphatic rings. The number of aryl methyl sites for hydroxylation is 2. The summed E-state index contributed by atoms with van der Waals surface area (Å²) in [6.45, 7) is 8.09. The van der Waals surface area contributed by atoms with Crippen molar-refractivity contribution in [2.75, 3.05) is 23.4 Å². The third-order valence-electron chi connectivity index (χ3n) is 4.37.